The number of fused-ring (bicyclic) bond motifs is 1. The van der Waals surface area contributed by atoms with Gasteiger partial charge in [0.15, 0.2) is 5.82 Å². The molecule has 0 atom stereocenters. The third kappa shape index (κ3) is 2.40. The van der Waals surface area contributed by atoms with Gasteiger partial charge in [-0.15, -0.1) is 10.2 Å². The standard InChI is InChI=1S/C15H20N4/c1-11(2)9-19-10-17-18-15(19)14-5-3-4-12-8-16-7-6-13(12)14/h3-5,10-11,16H,6-9H2,1-2H3. The Morgan fingerprint density at radius 3 is 3.11 bits per heavy atom. The van der Waals surface area contributed by atoms with Crippen LogP contribution in [0.2, 0.25) is 0 Å². The molecule has 19 heavy (non-hydrogen) atoms. The van der Waals surface area contributed by atoms with Crippen molar-refractivity contribution in [1.29, 1.82) is 0 Å². The molecule has 0 bridgehead atoms. The van der Waals surface area contributed by atoms with Crippen molar-refractivity contribution in [2.45, 2.75) is 33.4 Å². The van der Waals surface area contributed by atoms with Crippen molar-refractivity contribution in [3.8, 4) is 11.4 Å². The minimum atomic E-state index is 0.593. The Balaban J connectivity index is 2.05. The van der Waals surface area contributed by atoms with Gasteiger partial charge in [0.1, 0.15) is 6.33 Å². The minimum absolute atomic E-state index is 0.593. The third-order valence-corrected chi connectivity index (χ3v) is 3.56. The largest absolute Gasteiger partial charge is 0.313 e. The molecule has 4 heteroatoms. The first-order chi connectivity index (χ1) is 9.25. The molecule has 0 aliphatic carbocycles. The van der Waals surface area contributed by atoms with Crippen LogP contribution in [0.25, 0.3) is 11.4 Å². The van der Waals surface area contributed by atoms with E-state index in [9.17, 15) is 0 Å². The fraction of sp³-hybridized carbons (Fsp3) is 0.467. The van der Waals surface area contributed by atoms with Crippen molar-refractivity contribution in [1.82, 2.24) is 20.1 Å². The molecule has 0 spiro atoms. The lowest BCUT2D eigenvalue weighted by atomic mass is 9.95. The zero-order chi connectivity index (χ0) is 13.2. The first kappa shape index (κ1) is 12.4. The van der Waals surface area contributed by atoms with E-state index in [0.717, 1.165) is 31.9 Å². The third-order valence-electron chi connectivity index (χ3n) is 3.56. The number of aromatic nitrogens is 3. The topological polar surface area (TPSA) is 42.7 Å². The van der Waals surface area contributed by atoms with E-state index in [0.29, 0.717) is 5.92 Å². The molecule has 2 aromatic rings. The van der Waals surface area contributed by atoms with Gasteiger partial charge in [0.2, 0.25) is 0 Å². The van der Waals surface area contributed by atoms with E-state index in [-0.39, 0.29) is 0 Å². The molecule has 0 saturated carbocycles. The zero-order valence-electron chi connectivity index (χ0n) is 11.6. The molecule has 1 aromatic carbocycles. The number of benzene rings is 1. The van der Waals surface area contributed by atoms with E-state index in [1.54, 1.807) is 0 Å². The smallest absolute Gasteiger partial charge is 0.164 e. The highest BCUT2D eigenvalue weighted by Gasteiger charge is 2.17. The lowest BCUT2D eigenvalue weighted by Crippen LogP contribution is -2.24. The maximum absolute atomic E-state index is 4.34. The molecule has 0 amide bonds. The van der Waals surface area contributed by atoms with E-state index in [1.807, 2.05) is 6.33 Å². The first-order valence-electron chi connectivity index (χ1n) is 6.95. The summed E-state index contributed by atoms with van der Waals surface area (Å²) in [7, 11) is 0. The molecule has 100 valence electrons. The van der Waals surface area contributed by atoms with Gasteiger partial charge in [0.05, 0.1) is 0 Å². The van der Waals surface area contributed by atoms with Crippen LogP contribution in [0, 0.1) is 5.92 Å². The number of nitrogens with one attached hydrogen (secondary N) is 1. The Bertz CT molecular complexity index is 571. The second kappa shape index (κ2) is 5.13. The predicted molar refractivity (Wildman–Crippen MR) is 75.7 cm³/mol. The van der Waals surface area contributed by atoms with Gasteiger partial charge in [0, 0.05) is 18.7 Å². The van der Waals surface area contributed by atoms with Crippen molar-refractivity contribution >= 4 is 0 Å². The molecule has 0 radical (unpaired) electrons. The Morgan fingerprint density at radius 1 is 1.37 bits per heavy atom. The van der Waals surface area contributed by atoms with Gasteiger partial charge in [-0.25, -0.2) is 0 Å². The van der Waals surface area contributed by atoms with E-state index in [2.05, 4.69) is 52.1 Å². The van der Waals surface area contributed by atoms with Crippen molar-refractivity contribution in [3.63, 3.8) is 0 Å². The molecule has 1 aliphatic rings. The summed E-state index contributed by atoms with van der Waals surface area (Å²) >= 11 is 0. The van der Waals surface area contributed by atoms with Gasteiger partial charge in [-0.05, 0) is 30.0 Å². The second-order valence-electron chi connectivity index (χ2n) is 5.57. The molecule has 2 heterocycles. The molecule has 0 fully saturated rings. The summed E-state index contributed by atoms with van der Waals surface area (Å²) in [5, 5.41) is 11.9. The summed E-state index contributed by atoms with van der Waals surface area (Å²) in [5.41, 5.74) is 4.07. The summed E-state index contributed by atoms with van der Waals surface area (Å²) in [6, 6.07) is 6.49. The number of hydrogen-bond acceptors (Lipinski definition) is 3. The number of rotatable bonds is 3. The Hall–Kier alpha value is -1.68. The SMILES string of the molecule is CC(C)Cn1cnnc1-c1cccc2c1CCNC2. The molecule has 4 nitrogen and oxygen atoms in total. The fourth-order valence-corrected chi connectivity index (χ4v) is 2.73. The van der Waals surface area contributed by atoms with Crippen LogP contribution in [0.1, 0.15) is 25.0 Å². The molecule has 1 N–H and O–H groups in total. The van der Waals surface area contributed by atoms with Crippen LogP contribution in [-0.4, -0.2) is 21.3 Å². The lowest BCUT2D eigenvalue weighted by molar-refractivity contribution is 0.525. The lowest BCUT2D eigenvalue weighted by Gasteiger charge is -2.20. The Labute approximate surface area is 113 Å². The van der Waals surface area contributed by atoms with E-state index in [1.165, 1.54) is 16.7 Å². The minimum Gasteiger partial charge on any atom is -0.313 e. The maximum Gasteiger partial charge on any atom is 0.164 e. The highest BCUT2D eigenvalue weighted by Crippen LogP contribution is 2.27. The molecule has 1 aromatic heterocycles. The Kier molecular flexibility index (Phi) is 3.34. The summed E-state index contributed by atoms with van der Waals surface area (Å²) in [6.45, 7) is 7.40. The summed E-state index contributed by atoms with van der Waals surface area (Å²) in [6.07, 6.45) is 2.91. The summed E-state index contributed by atoms with van der Waals surface area (Å²) in [5.74, 6) is 1.60. The van der Waals surface area contributed by atoms with Crippen LogP contribution >= 0.6 is 0 Å². The van der Waals surface area contributed by atoms with Crippen molar-refractivity contribution in [2.24, 2.45) is 5.92 Å². The first-order valence-corrected chi connectivity index (χ1v) is 6.95. The van der Waals surface area contributed by atoms with Crippen molar-refractivity contribution < 1.29 is 0 Å². The van der Waals surface area contributed by atoms with E-state index >= 15 is 0 Å². The molecular formula is C15H20N4. The van der Waals surface area contributed by atoms with Crippen LogP contribution in [0.15, 0.2) is 24.5 Å². The monoisotopic (exact) mass is 256 g/mol. The average molecular weight is 256 g/mol. The zero-order valence-corrected chi connectivity index (χ0v) is 11.6. The van der Waals surface area contributed by atoms with Gasteiger partial charge in [-0.1, -0.05) is 32.0 Å². The van der Waals surface area contributed by atoms with Crippen LogP contribution in [0.3, 0.4) is 0 Å². The summed E-state index contributed by atoms with van der Waals surface area (Å²) < 4.78 is 2.17. The van der Waals surface area contributed by atoms with Gasteiger partial charge in [-0.2, -0.15) is 0 Å². The van der Waals surface area contributed by atoms with Gasteiger partial charge in [0.25, 0.3) is 0 Å². The molecule has 1 aliphatic heterocycles. The second-order valence-corrected chi connectivity index (χ2v) is 5.57. The summed E-state index contributed by atoms with van der Waals surface area (Å²) in [4.78, 5) is 0. The van der Waals surface area contributed by atoms with E-state index in [4.69, 9.17) is 0 Å². The molecule has 0 unspecified atom stereocenters. The van der Waals surface area contributed by atoms with Crippen molar-refractivity contribution in [3.05, 3.63) is 35.7 Å². The quantitative estimate of drug-likeness (QED) is 0.916. The Morgan fingerprint density at radius 2 is 2.26 bits per heavy atom. The average Bonchev–Trinajstić information content (AvgIpc) is 2.85. The van der Waals surface area contributed by atoms with Crippen LogP contribution in [0.5, 0.6) is 0 Å². The van der Waals surface area contributed by atoms with Crippen molar-refractivity contribution in [2.75, 3.05) is 6.54 Å². The predicted octanol–water partition coefficient (Wildman–Crippen LogP) is 2.25. The van der Waals surface area contributed by atoms with Crippen LogP contribution < -0.4 is 5.32 Å². The van der Waals surface area contributed by atoms with E-state index < -0.39 is 0 Å². The molecule has 0 saturated heterocycles. The highest BCUT2D eigenvalue weighted by molar-refractivity contribution is 5.63. The fourth-order valence-electron chi connectivity index (χ4n) is 2.73. The van der Waals surface area contributed by atoms with Crippen LogP contribution in [-0.2, 0) is 19.5 Å². The maximum atomic E-state index is 4.34. The molecular weight excluding hydrogens is 236 g/mol. The number of nitrogens with zero attached hydrogens (tertiary/aromatic N) is 3. The molecule has 3 rings (SSSR count). The highest BCUT2D eigenvalue weighted by atomic mass is 15.3. The normalized spacial score (nSPS) is 14.7. The van der Waals surface area contributed by atoms with Crippen LogP contribution in [0.4, 0.5) is 0 Å². The van der Waals surface area contributed by atoms with Gasteiger partial charge < -0.3 is 9.88 Å². The van der Waals surface area contributed by atoms with Gasteiger partial charge >= 0.3 is 0 Å². The number of hydrogen-bond donors (Lipinski definition) is 1. The van der Waals surface area contributed by atoms with Gasteiger partial charge in [-0.3, -0.25) is 0 Å².